The number of hydrogen-bond donors (Lipinski definition) is 2. The summed E-state index contributed by atoms with van der Waals surface area (Å²) in [5, 5.41) is 4.46. The predicted molar refractivity (Wildman–Crippen MR) is 108 cm³/mol. The molecule has 0 saturated carbocycles. The second-order valence-corrected chi connectivity index (χ2v) is 7.54. The number of thioether (sulfide) groups is 1. The highest BCUT2D eigenvalue weighted by atomic mass is 35.5. The van der Waals surface area contributed by atoms with E-state index in [0.29, 0.717) is 15.7 Å². The molecule has 0 aliphatic heterocycles. The van der Waals surface area contributed by atoms with Gasteiger partial charge in [-0.1, -0.05) is 65.3 Å². The van der Waals surface area contributed by atoms with Gasteiger partial charge in [-0.2, -0.15) is 0 Å². The minimum absolute atomic E-state index is 0.169. The maximum atomic E-state index is 12.2. The SMILES string of the molecule is Cc1[nH]c(SCC(=O)Nc2cc(Cl)ccc2Cl)nc1Cc1ccccc1. The van der Waals surface area contributed by atoms with Crippen LogP contribution in [0.3, 0.4) is 0 Å². The van der Waals surface area contributed by atoms with E-state index in [1.807, 2.05) is 25.1 Å². The molecule has 1 heterocycles. The number of halogens is 2. The quantitative estimate of drug-likeness (QED) is 0.543. The molecule has 1 aromatic heterocycles. The number of aryl methyl sites for hydroxylation is 1. The van der Waals surface area contributed by atoms with Crippen LogP contribution in [-0.4, -0.2) is 21.6 Å². The second-order valence-electron chi connectivity index (χ2n) is 5.74. The minimum Gasteiger partial charge on any atom is -0.337 e. The number of aromatic amines is 1. The Morgan fingerprint density at radius 1 is 1.19 bits per heavy atom. The summed E-state index contributed by atoms with van der Waals surface area (Å²) >= 11 is 13.3. The number of imidazole rings is 1. The monoisotopic (exact) mass is 405 g/mol. The first-order chi connectivity index (χ1) is 12.5. The van der Waals surface area contributed by atoms with Crippen molar-refractivity contribution in [2.45, 2.75) is 18.5 Å². The van der Waals surface area contributed by atoms with Gasteiger partial charge in [-0.05, 0) is 30.7 Å². The molecular weight excluding hydrogens is 389 g/mol. The topological polar surface area (TPSA) is 57.8 Å². The van der Waals surface area contributed by atoms with Crippen LogP contribution in [0.2, 0.25) is 10.0 Å². The third kappa shape index (κ3) is 5.04. The predicted octanol–water partition coefficient (Wildman–Crippen LogP) is 5.35. The summed E-state index contributed by atoms with van der Waals surface area (Å²) in [6, 6.07) is 15.1. The van der Waals surface area contributed by atoms with E-state index in [4.69, 9.17) is 23.2 Å². The Labute approximate surface area is 166 Å². The molecule has 0 spiro atoms. The van der Waals surface area contributed by atoms with Crippen LogP contribution in [0.15, 0.2) is 53.7 Å². The van der Waals surface area contributed by atoms with Crippen molar-refractivity contribution < 1.29 is 4.79 Å². The summed E-state index contributed by atoms with van der Waals surface area (Å²) in [6.07, 6.45) is 0.758. The number of rotatable bonds is 6. The maximum Gasteiger partial charge on any atom is 0.234 e. The number of amides is 1. The fraction of sp³-hybridized carbons (Fsp3) is 0.158. The highest BCUT2D eigenvalue weighted by Crippen LogP contribution is 2.26. The molecule has 0 aliphatic carbocycles. The molecule has 0 aliphatic rings. The van der Waals surface area contributed by atoms with Crippen molar-refractivity contribution in [1.29, 1.82) is 0 Å². The van der Waals surface area contributed by atoms with E-state index in [-0.39, 0.29) is 11.7 Å². The normalized spacial score (nSPS) is 10.7. The Hall–Kier alpha value is -1.95. The highest BCUT2D eigenvalue weighted by Gasteiger charge is 2.11. The van der Waals surface area contributed by atoms with E-state index in [0.717, 1.165) is 23.0 Å². The van der Waals surface area contributed by atoms with E-state index in [1.54, 1.807) is 18.2 Å². The molecule has 3 aromatic rings. The van der Waals surface area contributed by atoms with Crippen LogP contribution >= 0.6 is 35.0 Å². The smallest absolute Gasteiger partial charge is 0.234 e. The lowest BCUT2D eigenvalue weighted by atomic mass is 10.1. The highest BCUT2D eigenvalue weighted by molar-refractivity contribution is 7.99. The summed E-state index contributed by atoms with van der Waals surface area (Å²) in [6.45, 7) is 1.99. The van der Waals surface area contributed by atoms with Crippen molar-refractivity contribution in [3.05, 3.63) is 75.5 Å². The summed E-state index contributed by atoms with van der Waals surface area (Å²) in [4.78, 5) is 20.0. The van der Waals surface area contributed by atoms with Gasteiger partial charge in [-0.3, -0.25) is 4.79 Å². The van der Waals surface area contributed by atoms with E-state index in [2.05, 4.69) is 27.4 Å². The first-order valence-corrected chi connectivity index (χ1v) is 9.72. The van der Waals surface area contributed by atoms with Crippen LogP contribution < -0.4 is 5.32 Å². The van der Waals surface area contributed by atoms with E-state index in [9.17, 15) is 4.79 Å². The standard InChI is InChI=1S/C19H17Cl2N3OS/c1-12-16(9-13-5-3-2-4-6-13)24-19(22-12)26-11-18(25)23-17-10-14(20)7-8-15(17)21/h2-8,10H,9,11H2,1H3,(H,22,24)(H,23,25). The molecule has 7 heteroatoms. The van der Waals surface area contributed by atoms with Crippen LogP contribution in [0.5, 0.6) is 0 Å². The lowest BCUT2D eigenvalue weighted by Crippen LogP contribution is -2.14. The van der Waals surface area contributed by atoms with Gasteiger partial charge in [0, 0.05) is 17.1 Å². The van der Waals surface area contributed by atoms with Crippen molar-refractivity contribution in [3.8, 4) is 0 Å². The largest absolute Gasteiger partial charge is 0.337 e. The Balaban J connectivity index is 1.58. The molecule has 0 radical (unpaired) electrons. The van der Waals surface area contributed by atoms with Gasteiger partial charge in [0.05, 0.1) is 22.2 Å². The molecule has 2 aromatic carbocycles. The summed E-state index contributed by atoms with van der Waals surface area (Å²) in [5.41, 5.74) is 3.70. The molecule has 3 rings (SSSR count). The van der Waals surface area contributed by atoms with Crippen LogP contribution in [0.25, 0.3) is 0 Å². The lowest BCUT2D eigenvalue weighted by Gasteiger charge is -2.06. The van der Waals surface area contributed by atoms with Crippen LogP contribution in [-0.2, 0) is 11.2 Å². The van der Waals surface area contributed by atoms with E-state index in [1.165, 1.54) is 17.3 Å². The molecule has 0 unspecified atom stereocenters. The number of carbonyl (C=O) groups excluding carboxylic acids is 1. The number of benzene rings is 2. The molecule has 2 N–H and O–H groups in total. The van der Waals surface area contributed by atoms with Crippen LogP contribution in [0, 0.1) is 6.92 Å². The van der Waals surface area contributed by atoms with Crippen molar-refractivity contribution >= 4 is 46.6 Å². The summed E-state index contributed by atoms with van der Waals surface area (Å²) in [5.74, 6) is 0.0541. The summed E-state index contributed by atoms with van der Waals surface area (Å²) in [7, 11) is 0. The van der Waals surface area contributed by atoms with Gasteiger partial charge in [0.2, 0.25) is 5.91 Å². The Morgan fingerprint density at radius 3 is 2.73 bits per heavy atom. The molecule has 0 fully saturated rings. The number of aromatic nitrogens is 2. The summed E-state index contributed by atoms with van der Waals surface area (Å²) < 4.78 is 0. The van der Waals surface area contributed by atoms with Gasteiger partial charge < -0.3 is 10.3 Å². The third-order valence-corrected chi connectivity index (χ3v) is 5.16. The number of carbonyl (C=O) groups is 1. The van der Waals surface area contributed by atoms with Gasteiger partial charge in [0.25, 0.3) is 0 Å². The third-order valence-electron chi connectivity index (χ3n) is 3.72. The number of nitrogens with zero attached hydrogens (tertiary/aromatic N) is 1. The van der Waals surface area contributed by atoms with Crippen molar-refractivity contribution in [2.75, 3.05) is 11.1 Å². The van der Waals surface area contributed by atoms with Gasteiger partial charge in [0.15, 0.2) is 5.16 Å². The number of anilines is 1. The molecular formula is C19H17Cl2N3OS. The number of H-pyrrole nitrogens is 1. The molecule has 0 saturated heterocycles. The van der Waals surface area contributed by atoms with Gasteiger partial charge in [0.1, 0.15) is 0 Å². The first kappa shape index (κ1) is 18.8. The first-order valence-electron chi connectivity index (χ1n) is 7.98. The Bertz CT molecular complexity index is 912. The molecule has 134 valence electrons. The molecule has 26 heavy (non-hydrogen) atoms. The zero-order valence-electron chi connectivity index (χ0n) is 14.1. The van der Waals surface area contributed by atoms with Crippen molar-refractivity contribution in [1.82, 2.24) is 9.97 Å². The average molecular weight is 406 g/mol. The molecule has 0 bridgehead atoms. The van der Waals surface area contributed by atoms with Gasteiger partial charge in [-0.15, -0.1) is 0 Å². The number of hydrogen-bond acceptors (Lipinski definition) is 3. The molecule has 1 amide bonds. The van der Waals surface area contributed by atoms with Gasteiger partial charge >= 0.3 is 0 Å². The maximum absolute atomic E-state index is 12.2. The Morgan fingerprint density at radius 2 is 1.96 bits per heavy atom. The minimum atomic E-state index is -0.169. The van der Waals surface area contributed by atoms with Crippen LogP contribution in [0.1, 0.15) is 17.0 Å². The van der Waals surface area contributed by atoms with E-state index >= 15 is 0 Å². The zero-order chi connectivity index (χ0) is 18.5. The molecule has 4 nitrogen and oxygen atoms in total. The molecule has 0 atom stereocenters. The van der Waals surface area contributed by atoms with Crippen LogP contribution in [0.4, 0.5) is 5.69 Å². The zero-order valence-corrected chi connectivity index (χ0v) is 16.4. The lowest BCUT2D eigenvalue weighted by molar-refractivity contribution is -0.113. The Kier molecular flexibility index (Phi) is 6.25. The number of nitrogens with one attached hydrogen (secondary N) is 2. The van der Waals surface area contributed by atoms with Crippen molar-refractivity contribution in [2.24, 2.45) is 0 Å². The average Bonchev–Trinajstić information content (AvgIpc) is 2.97. The fourth-order valence-corrected chi connectivity index (χ4v) is 3.49. The second kappa shape index (κ2) is 8.62. The van der Waals surface area contributed by atoms with Crippen molar-refractivity contribution in [3.63, 3.8) is 0 Å². The van der Waals surface area contributed by atoms with Gasteiger partial charge in [-0.25, -0.2) is 4.98 Å². The fourth-order valence-electron chi connectivity index (χ4n) is 2.41. The van der Waals surface area contributed by atoms with E-state index < -0.39 is 0 Å².